The molecule has 1 aromatic carbocycles. The molecule has 0 aliphatic heterocycles. The molecule has 142 valence electrons. The quantitative estimate of drug-likeness (QED) is 0.651. The minimum Gasteiger partial charge on any atom is -0.493 e. The summed E-state index contributed by atoms with van der Waals surface area (Å²) >= 11 is 0. The SMILES string of the molecule is COc1cc(C(C)=O)ccc1OCC(=O)NCCC(=O)Nc1cccnc1. The number of aromatic nitrogens is 1. The van der Waals surface area contributed by atoms with E-state index in [4.69, 9.17) is 9.47 Å². The molecule has 8 heteroatoms. The molecule has 2 aromatic rings. The molecule has 1 heterocycles. The van der Waals surface area contributed by atoms with Crippen molar-refractivity contribution in [2.45, 2.75) is 13.3 Å². The van der Waals surface area contributed by atoms with Crippen LogP contribution in [0.1, 0.15) is 23.7 Å². The Bertz CT molecular complexity index is 808. The monoisotopic (exact) mass is 371 g/mol. The second-order valence-electron chi connectivity index (χ2n) is 5.60. The van der Waals surface area contributed by atoms with Gasteiger partial charge >= 0.3 is 0 Å². The highest BCUT2D eigenvalue weighted by molar-refractivity contribution is 5.94. The summed E-state index contributed by atoms with van der Waals surface area (Å²) in [5, 5.41) is 5.28. The summed E-state index contributed by atoms with van der Waals surface area (Å²) in [4.78, 5) is 38.9. The van der Waals surface area contributed by atoms with Gasteiger partial charge in [0, 0.05) is 24.7 Å². The number of anilines is 1. The van der Waals surface area contributed by atoms with Gasteiger partial charge in [0.1, 0.15) is 0 Å². The number of carbonyl (C=O) groups excluding carboxylic acids is 3. The van der Waals surface area contributed by atoms with Crippen molar-refractivity contribution in [2.24, 2.45) is 0 Å². The smallest absolute Gasteiger partial charge is 0.257 e. The molecule has 0 spiro atoms. The molecule has 27 heavy (non-hydrogen) atoms. The second kappa shape index (κ2) is 9.91. The van der Waals surface area contributed by atoms with E-state index in [1.54, 1.807) is 36.5 Å². The molecule has 0 saturated heterocycles. The number of nitrogens with one attached hydrogen (secondary N) is 2. The van der Waals surface area contributed by atoms with Crippen LogP contribution in [0.5, 0.6) is 11.5 Å². The van der Waals surface area contributed by atoms with Gasteiger partial charge in [0.05, 0.1) is 19.0 Å². The Hall–Kier alpha value is -3.42. The number of rotatable bonds is 9. The summed E-state index contributed by atoms with van der Waals surface area (Å²) in [5.41, 5.74) is 1.08. The number of Topliss-reactive ketones (excluding diaryl/α,β-unsaturated/α-hetero) is 1. The zero-order chi connectivity index (χ0) is 19.6. The first-order valence-electron chi connectivity index (χ1n) is 8.28. The maximum absolute atomic E-state index is 11.9. The Balaban J connectivity index is 1.74. The predicted octanol–water partition coefficient (Wildman–Crippen LogP) is 1.82. The third-order valence-corrected chi connectivity index (χ3v) is 3.55. The lowest BCUT2D eigenvalue weighted by molar-refractivity contribution is -0.123. The standard InChI is InChI=1S/C19H21N3O5/c1-13(23)14-5-6-16(17(10-14)26-2)27-12-19(25)21-9-7-18(24)22-15-4-3-8-20-11-15/h3-6,8,10-11H,7,9,12H2,1-2H3,(H,21,25)(H,22,24). The molecule has 2 N–H and O–H groups in total. The van der Waals surface area contributed by atoms with Crippen LogP contribution in [0.2, 0.25) is 0 Å². The van der Waals surface area contributed by atoms with Gasteiger partial charge in [-0.3, -0.25) is 19.4 Å². The van der Waals surface area contributed by atoms with E-state index >= 15 is 0 Å². The molecular formula is C19H21N3O5. The number of ether oxygens (including phenoxy) is 2. The minimum atomic E-state index is -0.373. The average Bonchev–Trinajstić information content (AvgIpc) is 2.66. The van der Waals surface area contributed by atoms with Gasteiger partial charge in [-0.05, 0) is 37.3 Å². The molecule has 0 radical (unpaired) electrons. The number of amides is 2. The second-order valence-corrected chi connectivity index (χ2v) is 5.60. The van der Waals surface area contributed by atoms with E-state index in [1.165, 1.54) is 20.2 Å². The Labute approximate surface area is 156 Å². The van der Waals surface area contributed by atoms with Gasteiger partial charge in [0.25, 0.3) is 5.91 Å². The molecule has 0 unspecified atom stereocenters. The van der Waals surface area contributed by atoms with Crippen LogP contribution < -0.4 is 20.1 Å². The van der Waals surface area contributed by atoms with Crippen molar-refractivity contribution < 1.29 is 23.9 Å². The van der Waals surface area contributed by atoms with E-state index in [0.29, 0.717) is 22.7 Å². The van der Waals surface area contributed by atoms with Crippen molar-refractivity contribution >= 4 is 23.3 Å². The van der Waals surface area contributed by atoms with Crippen LogP contribution >= 0.6 is 0 Å². The highest BCUT2D eigenvalue weighted by atomic mass is 16.5. The third-order valence-electron chi connectivity index (χ3n) is 3.55. The van der Waals surface area contributed by atoms with Gasteiger partial charge in [-0.1, -0.05) is 0 Å². The van der Waals surface area contributed by atoms with Gasteiger partial charge in [0.15, 0.2) is 23.9 Å². The van der Waals surface area contributed by atoms with E-state index in [0.717, 1.165) is 0 Å². The highest BCUT2D eigenvalue weighted by Gasteiger charge is 2.11. The number of nitrogens with zero attached hydrogens (tertiary/aromatic N) is 1. The lowest BCUT2D eigenvalue weighted by Crippen LogP contribution is -2.31. The number of hydrogen-bond acceptors (Lipinski definition) is 6. The van der Waals surface area contributed by atoms with Crippen LogP contribution in [0.25, 0.3) is 0 Å². The van der Waals surface area contributed by atoms with Crippen molar-refractivity contribution in [2.75, 3.05) is 25.6 Å². The largest absolute Gasteiger partial charge is 0.493 e. The zero-order valence-electron chi connectivity index (χ0n) is 15.2. The maximum Gasteiger partial charge on any atom is 0.257 e. The highest BCUT2D eigenvalue weighted by Crippen LogP contribution is 2.28. The van der Waals surface area contributed by atoms with E-state index in [2.05, 4.69) is 15.6 Å². The Kier molecular flexibility index (Phi) is 7.30. The summed E-state index contributed by atoms with van der Waals surface area (Å²) in [7, 11) is 1.45. The summed E-state index contributed by atoms with van der Waals surface area (Å²) < 4.78 is 10.6. The minimum absolute atomic E-state index is 0.0952. The summed E-state index contributed by atoms with van der Waals surface area (Å²) in [6.45, 7) is 1.39. The Morgan fingerprint density at radius 3 is 2.59 bits per heavy atom. The molecule has 0 saturated carbocycles. The van der Waals surface area contributed by atoms with Crippen LogP contribution in [0.3, 0.4) is 0 Å². The Morgan fingerprint density at radius 1 is 1.11 bits per heavy atom. The number of carbonyl (C=O) groups is 3. The van der Waals surface area contributed by atoms with Crippen LogP contribution in [-0.2, 0) is 9.59 Å². The molecule has 0 fully saturated rings. The van der Waals surface area contributed by atoms with E-state index < -0.39 is 0 Å². The van der Waals surface area contributed by atoms with Crippen molar-refractivity contribution in [1.82, 2.24) is 10.3 Å². The maximum atomic E-state index is 11.9. The van der Waals surface area contributed by atoms with E-state index in [-0.39, 0.29) is 37.2 Å². The molecule has 2 amide bonds. The van der Waals surface area contributed by atoms with E-state index in [9.17, 15) is 14.4 Å². The molecular weight excluding hydrogens is 350 g/mol. The first-order chi connectivity index (χ1) is 13.0. The number of benzene rings is 1. The molecule has 8 nitrogen and oxygen atoms in total. The van der Waals surface area contributed by atoms with Gasteiger partial charge < -0.3 is 20.1 Å². The number of methoxy groups -OCH3 is 1. The first kappa shape index (κ1) is 19.9. The van der Waals surface area contributed by atoms with Crippen LogP contribution in [0.4, 0.5) is 5.69 Å². The summed E-state index contributed by atoms with van der Waals surface area (Å²) in [6, 6.07) is 8.16. The van der Waals surface area contributed by atoms with E-state index in [1.807, 2.05) is 0 Å². The molecule has 1 aromatic heterocycles. The fraction of sp³-hybridized carbons (Fsp3) is 0.263. The molecule has 0 bridgehead atoms. The van der Waals surface area contributed by atoms with Crippen molar-refractivity contribution in [3.63, 3.8) is 0 Å². The zero-order valence-corrected chi connectivity index (χ0v) is 15.2. The number of pyridine rings is 1. The number of hydrogen-bond donors (Lipinski definition) is 2. The molecule has 0 aliphatic carbocycles. The molecule has 0 aliphatic rings. The van der Waals surface area contributed by atoms with Crippen LogP contribution in [-0.4, -0.2) is 42.8 Å². The van der Waals surface area contributed by atoms with Crippen molar-refractivity contribution in [3.05, 3.63) is 48.3 Å². The Morgan fingerprint density at radius 2 is 1.93 bits per heavy atom. The van der Waals surface area contributed by atoms with Gasteiger partial charge in [-0.25, -0.2) is 0 Å². The topological polar surface area (TPSA) is 107 Å². The fourth-order valence-corrected chi connectivity index (χ4v) is 2.18. The lowest BCUT2D eigenvalue weighted by Gasteiger charge is -2.11. The summed E-state index contributed by atoms with van der Waals surface area (Å²) in [6.07, 6.45) is 3.27. The average molecular weight is 371 g/mol. The predicted molar refractivity (Wildman–Crippen MR) is 99.0 cm³/mol. The lowest BCUT2D eigenvalue weighted by atomic mass is 10.1. The summed E-state index contributed by atoms with van der Waals surface area (Å²) in [5.74, 6) is 0.0213. The van der Waals surface area contributed by atoms with Crippen LogP contribution in [0.15, 0.2) is 42.7 Å². The first-order valence-corrected chi connectivity index (χ1v) is 8.28. The molecule has 2 rings (SSSR count). The van der Waals surface area contributed by atoms with Gasteiger partial charge in [-0.2, -0.15) is 0 Å². The van der Waals surface area contributed by atoms with Crippen LogP contribution in [0, 0.1) is 0 Å². The normalized spacial score (nSPS) is 10.0. The van der Waals surface area contributed by atoms with Crippen molar-refractivity contribution in [3.8, 4) is 11.5 Å². The molecule has 0 atom stereocenters. The van der Waals surface area contributed by atoms with Gasteiger partial charge in [0.2, 0.25) is 5.91 Å². The number of ketones is 1. The van der Waals surface area contributed by atoms with Crippen molar-refractivity contribution in [1.29, 1.82) is 0 Å². The fourth-order valence-electron chi connectivity index (χ4n) is 2.18. The third kappa shape index (κ3) is 6.43. The van der Waals surface area contributed by atoms with Gasteiger partial charge in [-0.15, -0.1) is 0 Å².